The van der Waals surface area contributed by atoms with E-state index in [-0.39, 0.29) is 12.0 Å². The van der Waals surface area contributed by atoms with Crippen molar-refractivity contribution in [2.45, 2.75) is 45.8 Å². The number of rotatable bonds is 8. The highest BCUT2D eigenvalue weighted by Gasteiger charge is 2.30. The van der Waals surface area contributed by atoms with Gasteiger partial charge in [0.1, 0.15) is 17.4 Å². The van der Waals surface area contributed by atoms with Gasteiger partial charge >= 0.3 is 12.1 Å². The van der Waals surface area contributed by atoms with Crippen LogP contribution >= 0.6 is 0 Å². The molecule has 0 aliphatic carbocycles. The summed E-state index contributed by atoms with van der Waals surface area (Å²) in [4.78, 5) is 43.9. The maximum atomic E-state index is 13.5. The van der Waals surface area contributed by atoms with Crippen LogP contribution in [0.1, 0.15) is 43.7 Å². The summed E-state index contributed by atoms with van der Waals surface area (Å²) in [6.45, 7) is 7.45. The van der Waals surface area contributed by atoms with Gasteiger partial charge in [-0.1, -0.05) is 12.1 Å². The topological polar surface area (TPSA) is 107 Å². The number of nitrogens with one attached hydrogen (secondary N) is 1. The smallest absolute Gasteiger partial charge is 0.408 e. The average Bonchev–Trinajstić information content (AvgIpc) is 2.77. The minimum absolute atomic E-state index is 0.0511. The van der Waals surface area contributed by atoms with E-state index in [1.54, 1.807) is 64.2 Å². The molecule has 1 aromatic carbocycles. The normalized spacial score (nSPS) is 11.8. The Bertz CT molecular complexity index is 986. The SMILES string of the molecule is CCOc1ccccc1N(C)C(=O)C(Cc1ncccc1C(=O)OC)NC(=O)OC(C)(C)C. The molecule has 33 heavy (non-hydrogen) atoms. The number of methoxy groups -OCH3 is 1. The number of hydrogen-bond acceptors (Lipinski definition) is 7. The van der Waals surface area contributed by atoms with E-state index < -0.39 is 29.6 Å². The fraction of sp³-hybridized carbons (Fsp3) is 0.417. The van der Waals surface area contributed by atoms with Crippen molar-refractivity contribution in [3.63, 3.8) is 0 Å². The first kappa shape index (κ1) is 25.6. The summed E-state index contributed by atoms with van der Waals surface area (Å²) in [5, 5.41) is 2.62. The lowest BCUT2D eigenvalue weighted by atomic mass is 10.0. The Hall–Kier alpha value is -3.62. The van der Waals surface area contributed by atoms with E-state index in [9.17, 15) is 14.4 Å². The molecule has 9 heteroatoms. The van der Waals surface area contributed by atoms with E-state index in [2.05, 4.69) is 10.3 Å². The minimum atomic E-state index is -1.07. The fourth-order valence-electron chi connectivity index (χ4n) is 3.10. The molecular formula is C24H31N3O6. The molecule has 0 saturated carbocycles. The maximum Gasteiger partial charge on any atom is 0.408 e. The number of hydrogen-bond donors (Lipinski definition) is 1. The number of pyridine rings is 1. The molecule has 0 bridgehead atoms. The van der Waals surface area contributed by atoms with Crippen LogP contribution in [-0.4, -0.2) is 55.4 Å². The Kier molecular flexibility index (Phi) is 8.78. The van der Waals surface area contributed by atoms with Crippen molar-refractivity contribution in [2.24, 2.45) is 0 Å². The van der Waals surface area contributed by atoms with Gasteiger partial charge in [-0.2, -0.15) is 0 Å². The van der Waals surface area contributed by atoms with Gasteiger partial charge in [0.15, 0.2) is 0 Å². The van der Waals surface area contributed by atoms with Crippen LogP contribution in [0.4, 0.5) is 10.5 Å². The van der Waals surface area contributed by atoms with E-state index in [0.717, 1.165) is 0 Å². The van der Waals surface area contributed by atoms with Crippen molar-refractivity contribution in [1.29, 1.82) is 0 Å². The Morgan fingerprint density at radius 3 is 2.45 bits per heavy atom. The van der Waals surface area contributed by atoms with Crippen molar-refractivity contribution in [3.8, 4) is 5.75 Å². The predicted octanol–water partition coefficient (Wildman–Crippen LogP) is 3.37. The van der Waals surface area contributed by atoms with Crippen molar-refractivity contribution in [2.75, 3.05) is 25.7 Å². The van der Waals surface area contributed by atoms with Crippen LogP contribution in [0.2, 0.25) is 0 Å². The highest BCUT2D eigenvalue weighted by atomic mass is 16.6. The first-order chi connectivity index (χ1) is 15.6. The number of anilines is 1. The van der Waals surface area contributed by atoms with Crippen LogP contribution in [0.5, 0.6) is 5.75 Å². The van der Waals surface area contributed by atoms with Crippen LogP contribution < -0.4 is 15.0 Å². The number of para-hydroxylation sites is 2. The van der Waals surface area contributed by atoms with E-state index in [1.807, 2.05) is 6.92 Å². The highest BCUT2D eigenvalue weighted by molar-refractivity contribution is 6.00. The van der Waals surface area contributed by atoms with Crippen molar-refractivity contribution in [1.82, 2.24) is 10.3 Å². The molecule has 1 heterocycles. The number of amides is 2. The zero-order valence-electron chi connectivity index (χ0n) is 19.9. The molecule has 1 N–H and O–H groups in total. The van der Waals surface area contributed by atoms with Gasteiger partial charge in [-0.25, -0.2) is 9.59 Å². The summed E-state index contributed by atoms with van der Waals surface area (Å²) in [6.07, 6.45) is 0.693. The third kappa shape index (κ3) is 7.20. The predicted molar refractivity (Wildman–Crippen MR) is 123 cm³/mol. The molecule has 0 spiro atoms. The largest absolute Gasteiger partial charge is 0.492 e. The number of alkyl carbamates (subject to hydrolysis) is 1. The summed E-state index contributed by atoms with van der Waals surface area (Å²) in [7, 11) is 2.85. The molecule has 2 rings (SSSR count). The standard InChI is InChI=1S/C24H31N3O6/c1-7-32-20-13-9-8-12-19(20)27(5)21(28)18(26-23(30)33-24(2,3)4)15-17-16(22(29)31-6)11-10-14-25-17/h8-14,18H,7,15H2,1-6H3,(H,26,30). The molecule has 2 amide bonds. The summed E-state index contributed by atoms with van der Waals surface area (Å²) in [5.41, 5.74) is 0.300. The van der Waals surface area contributed by atoms with E-state index in [0.29, 0.717) is 23.7 Å². The molecule has 9 nitrogen and oxygen atoms in total. The molecule has 0 aliphatic heterocycles. The van der Waals surface area contributed by atoms with Crippen molar-refractivity contribution in [3.05, 3.63) is 53.9 Å². The number of likely N-dealkylation sites (N-methyl/N-ethyl adjacent to an activating group) is 1. The molecule has 0 aliphatic rings. The van der Waals surface area contributed by atoms with Crippen LogP contribution in [-0.2, 0) is 20.7 Å². The Balaban J connectivity index is 2.40. The number of aromatic nitrogens is 1. The maximum absolute atomic E-state index is 13.5. The average molecular weight is 458 g/mol. The zero-order chi connectivity index (χ0) is 24.6. The lowest BCUT2D eigenvalue weighted by Crippen LogP contribution is -2.50. The van der Waals surface area contributed by atoms with Gasteiger partial charge in [0.05, 0.1) is 30.7 Å². The van der Waals surface area contributed by atoms with E-state index >= 15 is 0 Å². The number of carbonyl (C=O) groups is 3. The monoisotopic (exact) mass is 457 g/mol. The van der Waals surface area contributed by atoms with Gasteiger partial charge in [-0.15, -0.1) is 0 Å². The first-order valence-corrected chi connectivity index (χ1v) is 10.6. The molecule has 2 aromatic rings. The van der Waals surface area contributed by atoms with Gasteiger partial charge in [0, 0.05) is 19.7 Å². The summed E-state index contributed by atoms with van der Waals surface area (Å²) in [6, 6.07) is 9.17. The molecule has 1 aromatic heterocycles. The third-order valence-electron chi connectivity index (χ3n) is 4.54. The molecular weight excluding hydrogens is 426 g/mol. The lowest BCUT2D eigenvalue weighted by molar-refractivity contribution is -0.120. The van der Waals surface area contributed by atoms with E-state index in [1.165, 1.54) is 18.2 Å². The number of ether oxygens (including phenoxy) is 3. The molecule has 1 atom stereocenters. The van der Waals surface area contributed by atoms with Gasteiger partial charge < -0.3 is 24.4 Å². The Labute approximate surface area is 194 Å². The molecule has 178 valence electrons. The second-order valence-corrected chi connectivity index (χ2v) is 8.19. The fourth-order valence-corrected chi connectivity index (χ4v) is 3.10. The van der Waals surface area contributed by atoms with Gasteiger partial charge in [0.25, 0.3) is 0 Å². The van der Waals surface area contributed by atoms with Gasteiger partial charge in [0.2, 0.25) is 5.91 Å². The van der Waals surface area contributed by atoms with Gasteiger partial charge in [-0.3, -0.25) is 9.78 Å². The molecule has 0 saturated heterocycles. The summed E-state index contributed by atoms with van der Waals surface area (Å²) < 4.78 is 15.8. The molecule has 1 unspecified atom stereocenters. The number of benzene rings is 1. The minimum Gasteiger partial charge on any atom is -0.492 e. The highest BCUT2D eigenvalue weighted by Crippen LogP contribution is 2.28. The first-order valence-electron chi connectivity index (χ1n) is 10.6. The van der Waals surface area contributed by atoms with Crippen molar-refractivity contribution >= 4 is 23.7 Å². The molecule has 0 fully saturated rings. The number of carbonyl (C=O) groups excluding carboxylic acids is 3. The summed E-state index contributed by atoms with van der Waals surface area (Å²) in [5.74, 6) is -0.494. The Morgan fingerprint density at radius 2 is 1.82 bits per heavy atom. The van der Waals surface area contributed by atoms with Crippen LogP contribution in [0.15, 0.2) is 42.6 Å². The molecule has 0 radical (unpaired) electrons. The van der Waals surface area contributed by atoms with E-state index in [4.69, 9.17) is 14.2 Å². The van der Waals surface area contributed by atoms with Crippen LogP contribution in [0.3, 0.4) is 0 Å². The lowest BCUT2D eigenvalue weighted by Gasteiger charge is -2.27. The quantitative estimate of drug-likeness (QED) is 0.606. The third-order valence-corrected chi connectivity index (χ3v) is 4.54. The summed E-state index contributed by atoms with van der Waals surface area (Å²) >= 11 is 0. The van der Waals surface area contributed by atoms with Gasteiger partial charge in [-0.05, 0) is 52.0 Å². The second-order valence-electron chi connectivity index (χ2n) is 8.19. The second kappa shape index (κ2) is 11.3. The number of nitrogens with zero attached hydrogens (tertiary/aromatic N) is 2. The van der Waals surface area contributed by atoms with Crippen molar-refractivity contribution < 1.29 is 28.6 Å². The van der Waals surface area contributed by atoms with Crippen LogP contribution in [0, 0.1) is 0 Å². The zero-order valence-corrected chi connectivity index (χ0v) is 19.9. The Morgan fingerprint density at radius 1 is 1.12 bits per heavy atom. The van der Waals surface area contributed by atoms with Crippen LogP contribution in [0.25, 0.3) is 0 Å². The number of esters is 1.